The lowest BCUT2D eigenvalue weighted by molar-refractivity contribution is -0.220. The van der Waals surface area contributed by atoms with Crippen LogP contribution in [0.5, 0.6) is 0 Å². The number of esters is 1. The number of ether oxygens (including phenoxy) is 2. The van der Waals surface area contributed by atoms with Crippen molar-refractivity contribution in [1.82, 2.24) is 0 Å². The van der Waals surface area contributed by atoms with Gasteiger partial charge in [-0.3, -0.25) is 13.8 Å². The first kappa shape index (κ1) is 53.1. The number of carbonyl (C=O) groups is 1. The van der Waals surface area contributed by atoms with Gasteiger partial charge in [0.15, 0.2) is 0 Å². The fourth-order valence-corrected chi connectivity index (χ4v) is 7.14. The largest absolute Gasteiger partial charge is 0.472 e. The van der Waals surface area contributed by atoms with Crippen LogP contribution in [0.3, 0.4) is 0 Å². The molecule has 1 aliphatic rings. The van der Waals surface area contributed by atoms with E-state index in [4.69, 9.17) is 18.5 Å². The molecule has 6 unspecified atom stereocenters. The molecule has 0 aromatic heterocycles. The standard InChI is InChI=1S/C44H77O12P/c1-3-5-7-9-11-13-15-16-17-18-19-20-21-22-23-25-27-29-31-33-38(45)55-37(35-53-34-32-30-28-26-24-14-12-10-8-6-4-2)36-54-57(51,52)56-44-42(49)40(47)39(46)41(48)43(44)50/h5,7-8,10-11,13,16-17,19-20,37,39-44,46-50H,3-4,6,9,12,14-15,18,21-36H2,1-2H3,(H,51,52)/b7-5-,10-8-,13-11-,17-16-,20-19-. The first-order valence-corrected chi connectivity index (χ1v) is 23.1. The predicted molar refractivity (Wildman–Crippen MR) is 225 cm³/mol. The normalized spacial score (nSPS) is 23.4. The van der Waals surface area contributed by atoms with Gasteiger partial charge in [-0.2, -0.15) is 0 Å². The van der Waals surface area contributed by atoms with Crippen LogP contribution < -0.4 is 0 Å². The van der Waals surface area contributed by atoms with E-state index < -0.39 is 63.1 Å². The van der Waals surface area contributed by atoms with Crippen molar-refractivity contribution in [3.05, 3.63) is 60.8 Å². The van der Waals surface area contributed by atoms with Gasteiger partial charge in [-0.15, -0.1) is 0 Å². The zero-order valence-electron chi connectivity index (χ0n) is 34.9. The van der Waals surface area contributed by atoms with E-state index in [9.17, 15) is 39.8 Å². The van der Waals surface area contributed by atoms with Gasteiger partial charge in [0.25, 0.3) is 0 Å². The molecule has 0 aromatic carbocycles. The van der Waals surface area contributed by atoms with Gasteiger partial charge in [0.1, 0.15) is 42.7 Å². The van der Waals surface area contributed by atoms with Crippen molar-refractivity contribution in [3.63, 3.8) is 0 Å². The summed E-state index contributed by atoms with van der Waals surface area (Å²) in [7, 11) is -5.02. The molecule has 1 fully saturated rings. The second-order valence-corrected chi connectivity index (χ2v) is 16.2. The van der Waals surface area contributed by atoms with Gasteiger partial charge in [0.05, 0.1) is 13.2 Å². The van der Waals surface area contributed by atoms with Crippen LogP contribution in [0.2, 0.25) is 0 Å². The number of aliphatic hydroxyl groups excluding tert-OH is 5. The van der Waals surface area contributed by atoms with Gasteiger partial charge in [-0.05, 0) is 70.6 Å². The van der Waals surface area contributed by atoms with Crippen molar-refractivity contribution >= 4 is 13.8 Å². The Balaban J connectivity index is 2.42. The van der Waals surface area contributed by atoms with Crippen LogP contribution in [-0.4, -0.2) is 98.9 Å². The smallest absolute Gasteiger partial charge is 0.457 e. The molecule has 1 rings (SSSR count). The van der Waals surface area contributed by atoms with E-state index >= 15 is 0 Å². The highest BCUT2D eigenvalue weighted by Gasteiger charge is 2.51. The molecule has 13 heteroatoms. The van der Waals surface area contributed by atoms with E-state index in [1.54, 1.807) is 0 Å². The van der Waals surface area contributed by atoms with Crippen LogP contribution in [0, 0.1) is 0 Å². The van der Waals surface area contributed by atoms with Gasteiger partial charge in [-0.25, -0.2) is 4.57 Å². The molecule has 57 heavy (non-hydrogen) atoms. The highest BCUT2D eigenvalue weighted by Crippen LogP contribution is 2.47. The fraction of sp³-hybridized carbons (Fsp3) is 0.750. The number of carbonyl (C=O) groups excluding carboxylic acids is 1. The zero-order chi connectivity index (χ0) is 42.0. The average Bonchev–Trinajstić information content (AvgIpc) is 3.19. The third kappa shape index (κ3) is 27.4. The van der Waals surface area contributed by atoms with Crippen LogP contribution >= 0.6 is 7.82 Å². The number of rotatable bonds is 35. The van der Waals surface area contributed by atoms with Gasteiger partial charge in [0.2, 0.25) is 0 Å². The highest BCUT2D eigenvalue weighted by molar-refractivity contribution is 7.47. The van der Waals surface area contributed by atoms with E-state index in [0.29, 0.717) is 13.0 Å². The summed E-state index contributed by atoms with van der Waals surface area (Å²) in [5.41, 5.74) is 0. The van der Waals surface area contributed by atoms with Crippen LogP contribution in [0.4, 0.5) is 0 Å². The highest BCUT2D eigenvalue weighted by atomic mass is 31.2. The Bertz CT molecular complexity index is 1170. The van der Waals surface area contributed by atoms with Crippen molar-refractivity contribution < 1.29 is 58.3 Å². The van der Waals surface area contributed by atoms with Gasteiger partial charge in [0, 0.05) is 13.0 Å². The van der Waals surface area contributed by atoms with Gasteiger partial charge >= 0.3 is 13.8 Å². The topological polar surface area (TPSA) is 192 Å². The van der Waals surface area contributed by atoms with Crippen molar-refractivity contribution in [2.24, 2.45) is 0 Å². The monoisotopic (exact) mass is 829 g/mol. The molecular formula is C44H77O12P. The molecule has 330 valence electrons. The Morgan fingerprint density at radius 2 is 1.04 bits per heavy atom. The van der Waals surface area contributed by atoms with Crippen molar-refractivity contribution in [1.29, 1.82) is 0 Å². The number of phosphoric ester groups is 1. The fourth-order valence-electron chi connectivity index (χ4n) is 6.17. The minimum Gasteiger partial charge on any atom is -0.457 e. The number of hydrogen-bond donors (Lipinski definition) is 6. The molecule has 0 spiro atoms. The molecule has 0 saturated heterocycles. The Morgan fingerprint density at radius 3 is 1.60 bits per heavy atom. The maximum absolute atomic E-state index is 12.8. The number of allylic oxidation sites excluding steroid dienone is 10. The summed E-state index contributed by atoms with van der Waals surface area (Å²) in [6.45, 7) is 4.03. The molecule has 0 radical (unpaired) electrons. The second kappa shape index (κ2) is 34.9. The van der Waals surface area contributed by atoms with Crippen LogP contribution in [0.1, 0.15) is 149 Å². The lowest BCUT2D eigenvalue weighted by Gasteiger charge is -2.41. The summed E-state index contributed by atoms with van der Waals surface area (Å²) in [6, 6.07) is 0. The molecule has 0 amide bonds. The Kier molecular flexibility index (Phi) is 32.4. The maximum atomic E-state index is 12.8. The zero-order valence-corrected chi connectivity index (χ0v) is 35.8. The third-order valence-electron chi connectivity index (χ3n) is 9.61. The summed E-state index contributed by atoms with van der Waals surface area (Å²) < 4.78 is 34.1. The van der Waals surface area contributed by atoms with Crippen LogP contribution in [0.25, 0.3) is 0 Å². The molecule has 0 aromatic rings. The molecule has 0 aliphatic heterocycles. The van der Waals surface area contributed by atoms with E-state index in [1.807, 2.05) is 0 Å². The molecule has 12 nitrogen and oxygen atoms in total. The molecule has 1 saturated carbocycles. The lowest BCUT2D eigenvalue weighted by Crippen LogP contribution is -2.64. The maximum Gasteiger partial charge on any atom is 0.472 e. The Labute approximate surface area is 343 Å². The SMILES string of the molecule is CC/C=C\C/C=C\C/C=C\C/C=C\CCCCCCCCC(=O)OC(COCCCCCCCC/C=C\CCC)COP(=O)(O)OC1C(O)C(O)C(O)C(O)C1O. The lowest BCUT2D eigenvalue weighted by atomic mass is 9.85. The number of phosphoric acid groups is 1. The summed E-state index contributed by atoms with van der Waals surface area (Å²) in [6.07, 6.45) is 30.1. The number of unbranched alkanes of at least 4 members (excludes halogenated alkanes) is 13. The van der Waals surface area contributed by atoms with E-state index in [-0.39, 0.29) is 13.0 Å². The minimum absolute atomic E-state index is 0.0899. The molecule has 1 aliphatic carbocycles. The van der Waals surface area contributed by atoms with Crippen molar-refractivity contribution in [2.45, 2.75) is 191 Å². The van der Waals surface area contributed by atoms with E-state index in [0.717, 1.165) is 103 Å². The molecule has 6 atom stereocenters. The van der Waals surface area contributed by atoms with Crippen LogP contribution in [0.15, 0.2) is 60.8 Å². The quantitative estimate of drug-likeness (QED) is 0.0155. The summed E-state index contributed by atoms with van der Waals surface area (Å²) in [4.78, 5) is 23.1. The third-order valence-corrected chi connectivity index (χ3v) is 10.6. The number of aliphatic hydroxyl groups is 5. The van der Waals surface area contributed by atoms with Crippen molar-refractivity contribution in [2.75, 3.05) is 19.8 Å². The minimum atomic E-state index is -5.02. The van der Waals surface area contributed by atoms with Crippen molar-refractivity contribution in [3.8, 4) is 0 Å². The first-order chi connectivity index (χ1) is 27.5. The van der Waals surface area contributed by atoms with Crippen LogP contribution in [-0.2, 0) is 27.9 Å². The second-order valence-electron chi connectivity index (χ2n) is 14.8. The molecular weight excluding hydrogens is 751 g/mol. The average molecular weight is 829 g/mol. The van der Waals surface area contributed by atoms with E-state index in [1.165, 1.54) is 19.3 Å². The first-order valence-electron chi connectivity index (χ1n) is 21.6. The molecule has 0 bridgehead atoms. The predicted octanol–water partition coefficient (Wildman–Crippen LogP) is 8.25. The Hall–Kier alpha value is -1.96. The van der Waals surface area contributed by atoms with Gasteiger partial charge < -0.3 is 39.9 Å². The summed E-state index contributed by atoms with van der Waals surface area (Å²) in [5, 5.41) is 50.1. The summed E-state index contributed by atoms with van der Waals surface area (Å²) >= 11 is 0. The number of hydrogen-bond acceptors (Lipinski definition) is 11. The molecule has 6 N–H and O–H groups in total. The van der Waals surface area contributed by atoms with E-state index in [2.05, 4.69) is 74.6 Å². The molecule has 0 heterocycles. The van der Waals surface area contributed by atoms with Gasteiger partial charge in [-0.1, -0.05) is 132 Å². The Morgan fingerprint density at radius 1 is 0.579 bits per heavy atom. The summed E-state index contributed by atoms with van der Waals surface area (Å²) in [5.74, 6) is -0.497.